The fraction of sp³-hybridized carbons (Fsp3) is 0.500. The SMILES string of the molecule is COc1c(C2(O)CC2)ccc2c1OCCO2. The maximum Gasteiger partial charge on any atom is 0.204 e. The Kier molecular flexibility index (Phi) is 2.01. The third kappa shape index (κ3) is 1.33. The Balaban J connectivity index is 2.12. The number of fused-ring (bicyclic) bond motifs is 1. The minimum Gasteiger partial charge on any atom is -0.492 e. The van der Waals surface area contributed by atoms with Gasteiger partial charge in [0, 0.05) is 5.56 Å². The summed E-state index contributed by atoms with van der Waals surface area (Å²) in [6.07, 6.45) is 1.56. The molecule has 0 radical (unpaired) electrons. The summed E-state index contributed by atoms with van der Waals surface area (Å²) in [5, 5.41) is 10.1. The third-order valence-corrected chi connectivity index (χ3v) is 3.09. The Morgan fingerprint density at radius 1 is 1.25 bits per heavy atom. The first-order chi connectivity index (χ1) is 7.74. The topological polar surface area (TPSA) is 47.9 Å². The summed E-state index contributed by atoms with van der Waals surface area (Å²) in [5.41, 5.74) is 0.0838. The number of benzene rings is 1. The molecule has 1 aromatic rings. The molecular formula is C12H14O4. The highest BCUT2D eigenvalue weighted by Gasteiger charge is 2.45. The monoisotopic (exact) mass is 222 g/mol. The summed E-state index contributed by atoms with van der Waals surface area (Å²) in [7, 11) is 1.59. The van der Waals surface area contributed by atoms with Crippen LogP contribution in [-0.2, 0) is 5.60 Å². The number of rotatable bonds is 2. The normalized spacial score (nSPS) is 20.4. The van der Waals surface area contributed by atoms with Gasteiger partial charge < -0.3 is 19.3 Å². The summed E-state index contributed by atoms with van der Waals surface area (Å²) in [5.74, 6) is 1.92. The van der Waals surface area contributed by atoms with Crippen LogP contribution in [0.25, 0.3) is 0 Å². The van der Waals surface area contributed by atoms with Crippen LogP contribution in [0.15, 0.2) is 12.1 Å². The average Bonchev–Trinajstić information content (AvgIpc) is 3.07. The van der Waals surface area contributed by atoms with Crippen molar-refractivity contribution >= 4 is 0 Å². The van der Waals surface area contributed by atoms with Crippen LogP contribution in [0, 0.1) is 0 Å². The number of aliphatic hydroxyl groups is 1. The van der Waals surface area contributed by atoms with Crippen molar-refractivity contribution in [3.05, 3.63) is 17.7 Å². The Hall–Kier alpha value is -1.42. The average molecular weight is 222 g/mol. The molecule has 1 aliphatic carbocycles. The Bertz CT molecular complexity index is 423. The molecule has 4 heteroatoms. The summed E-state index contributed by atoms with van der Waals surface area (Å²) in [6.45, 7) is 1.07. The summed E-state index contributed by atoms with van der Waals surface area (Å²) >= 11 is 0. The van der Waals surface area contributed by atoms with E-state index >= 15 is 0 Å². The summed E-state index contributed by atoms with van der Waals surface area (Å²) in [4.78, 5) is 0. The molecule has 3 rings (SSSR count). The van der Waals surface area contributed by atoms with E-state index in [1.54, 1.807) is 7.11 Å². The van der Waals surface area contributed by atoms with E-state index in [-0.39, 0.29) is 0 Å². The van der Waals surface area contributed by atoms with Gasteiger partial charge in [0.05, 0.1) is 12.7 Å². The Labute approximate surface area is 93.7 Å². The van der Waals surface area contributed by atoms with Gasteiger partial charge in [0.2, 0.25) is 5.75 Å². The summed E-state index contributed by atoms with van der Waals surface area (Å²) in [6, 6.07) is 3.70. The quantitative estimate of drug-likeness (QED) is 0.822. The number of hydrogen-bond donors (Lipinski definition) is 1. The molecule has 1 N–H and O–H groups in total. The van der Waals surface area contributed by atoms with Gasteiger partial charge in [-0.2, -0.15) is 0 Å². The highest BCUT2D eigenvalue weighted by atomic mass is 16.6. The van der Waals surface area contributed by atoms with E-state index in [1.807, 2.05) is 12.1 Å². The predicted octanol–water partition coefficient (Wildman–Crippen LogP) is 1.45. The molecule has 0 atom stereocenters. The molecule has 0 amide bonds. The van der Waals surface area contributed by atoms with Crippen LogP contribution in [0.1, 0.15) is 18.4 Å². The predicted molar refractivity (Wildman–Crippen MR) is 57.1 cm³/mol. The van der Waals surface area contributed by atoms with Crippen LogP contribution in [0.5, 0.6) is 17.2 Å². The van der Waals surface area contributed by atoms with E-state index in [4.69, 9.17) is 14.2 Å². The third-order valence-electron chi connectivity index (χ3n) is 3.09. The molecule has 0 unspecified atom stereocenters. The van der Waals surface area contributed by atoms with Crippen molar-refractivity contribution in [2.45, 2.75) is 18.4 Å². The lowest BCUT2D eigenvalue weighted by Crippen LogP contribution is -2.17. The molecular weight excluding hydrogens is 208 g/mol. The first-order valence-corrected chi connectivity index (χ1v) is 5.44. The molecule has 0 aromatic heterocycles. The fourth-order valence-electron chi connectivity index (χ4n) is 2.05. The highest BCUT2D eigenvalue weighted by Crippen LogP contribution is 2.53. The van der Waals surface area contributed by atoms with Crippen molar-refractivity contribution < 1.29 is 19.3 Å². The lowest BCUT2D eigenvalue weighted by Gasteiger charge is -2.23. The van der Waals surface area contributed by atoms with Crippen molar-refractivity contribution in [1.29, 1.82) is 0 Å². The van der Waals surface area contributed by atoms with E-state index in [1.165, 1.54) is 0 Å². The zero-order chi connectivity index (χ0) is 11.2. The summed E-state index contributed by atoms with van der Waals surface area (Å²) < 4.78 is 16.4. The minimum absolute atomic E-state index is 0.519. The number of hydrogen-bond acceptors (Lipinski definition) is 4. The van der Waals surface area contributed by atoms with Crippen LogP contribution < -0.4 is 14.2 Å². The molecule has 16 heavy (non-hydrogen) atoms. The Morgan fingerprint density at radius 2 is 2.00 bits per heavy atom. The smallest absolute Gasteiger partial charge is 0.204 e. The molecule has 1 saturated carbocycles. The van der Waals surface area contributed by atoms with Gasteiger partial charge in [-0.25, -0.2) is 0 Å². The van der Waals surface area contributed by atoms with Crippen molar-refractivity contribution in [2.75, 3.05) is 20.3 Å². The van der Waals surface area contributed by atoms with Crippen molar-refractivity contribution in [1.82, 2.24) is 0 Å². The molecule has 1 aliphatic heterocycles. The molecule has 0 bridgehead atoms. The largest absolute Gasteiger partial charge is 0.492 e. The Morgan fingerprint density at radius 3 is 2.69 bits per heavy atom. The highest BCUT2D eigenvalue weighted by molar-refractivity contribution is 5.58. The van der Waals surface area contributed by atoms with Gasteiger partial charge in [-0.1, -0.05) is 0 Å². The van der Waals surface area contributed by atoms with Gasteiger partial charge in [-0.05, 0) is 25.0 Å². The van der Waals surface area contributed by atoms with E-state index in [2.05, 4.69) is 0 Å². The second-order valence-electron chi connectivity index (χ2n) is 4.20. The van der Waals surface area contributed by atoms with Crippen LogP contribution in [0.2, 0.25) is 0 Å². The van der Waals surface area contributed by atoms with E-state index in [0.29, 0.717) is 30.5 Å². The molecule has 4 nitrogen and oxygen atoms in total. The molecule has 86 valence electrons. The van der Waals surface area contributed by atoms with E-state index in [9.17, 15) is 5.11 Å². The lowest BCUT2D eigenvalue weighted by atomic mass is 10.1. The molecule has 1 fully saturated rings. The minimum atomic E-state index is -0.721. The zero-order valence-electron chi connectivity index (χ0n) is 9.16. The van der Waals surface area contributed by atoms with Crippen LogP contribution in [0.3, 0.4) is 0 Å². The first-order valence-electron chi connectivity index (χ1n) is 5.44. The molecule has 1 heterocycles. The number of methoxy groups -OCH3 is 1. The van der Waals surface area contributed by atoms with Crippen molar-refractivity contribution in [3.63, 3.8) is 0 Å². The molecule has 2 aliphatic rings. The fourth-order valence-corrected chi connectivity index (χ4v) is 2.05. The van der Waals surface area contributed by atoms with E-state index < -0.39 is 5.60 Å². The first kappa shape index (κ1) is 9.78. The maximum absolute atomic E-state index is 10.1. The lowest BCUT2D eigenvalue weighted by molar-refractivity contribution is 0.139. The molecule has 0 saturated heterocycles. The van der Waals surface area contributed by atoms with Gasteiger partial charge >= 0.3 is 0 Å². The standard InChI is InChI=1S/C12H14O4/c1-14-10-8(12(13)4-5-12)2-3-9-11(10)16-7-6-15-9/h2-3,13H,4-7H2,1H3. The van der Waals surface area contributed by atoms with Crippen LogP contribution >= 0.6 is 0 Å². The van der Waals surface area contributed by atoms with E-state index in [0.717, 1.165) is 18.4 Å². The van der Waals surface area contributed by atoms with Crippen molar-refractivity contribution in [3.8, 4) is 17.2 Å². The maximum atomic E-state index is 10.1. The second-order valence-corrected chi connectivity index (χ2v) is 4.20. The second kappa shape index (κ2) is 3.28. The van der Waals surface area contributed by atoms with Gasteiger partial charge in [-0.15, -0.1) is 0 Å². The van der Waals surface area contributed by atoms with Gasteiger partial charge in [0.25, 0.3) is 0 Å². The molecule has 1 aromatic carbocycles. The van der Waals surface area contributed by atoms with Gasteiger partial charge in [0.1, 0.15) is 13.2 Å². The number of ether oxygens (including phenoxy) is 3. The zero-order valence-corrected chi connectivity index (χ0v) is 9.16. The van der Waals surface area contributed by atoms with Crippen molar-refractivity contribution in [2.24, 2.45) is 0 Å². The molecule has 0 spiro atoms. The van der Waals surface area contributed by atoms with Gasteiger partial charge in [-0.3, -0.25) is 0 Å². The van der Waals surface area contributed by atoms with Crippen LogP contribution in [-0.4, -0.2) is 25.4 Å². The van der Waals surface area contributed by atoms with Gasteiger partial charge in [0.15, 0.2) is 11.5 Å². The van der Waals surface area contributed by atoms with Crippen LogP contribution in [0.4, 0.5) is 0 Å².